The Balaban J connectivity index is 4.30. The van der Waals surface area contributed by atoms with E-state index in [2.05, 4.69) is 0 Å². The SMILES string of the molecule is CCCN(CCN(C)C(=O)CC)C(=O)CCC(=O)SC. The van der Waals surface area contributed by atoms with Gasteiger partial charge in [0.05, 0.1) is 0 Å². The Bertz CT molecular complexity index is 334. The summed E-state index contributed by atoms with van der Waals surface area (Å²) in [4.78, 5) is 38.2. The molecule has 20 heavy (non-hydrogen) atoms. The van der Waals surface area contributed by atoms with Gasteiger partial charge in [-0.15, -0.1) is 0 Å². The number of likely N-dealkylation sites (N-methyl/N-ethyl adjacent to an activating group) is 1. The number of hydrogen-bond donors (Lipinski definition) is 0. The second kappa shape index (κ2) is 10.7. The minimum Gasteiger partial charge on any atom is -0.344 e. The molecule has 0 spiro atoms. The number of hydrogen-bond acceptors (Lipinski definition) is 4. The van der Waals surface area contributed by atoms with Crippen LogP contribution in [0.5, 0.6) is 0 Å². The molecule has 0 bridgehead atoms. The van der Waals surface area contributed by atoms with Crippen LogP contribution in [0.1, 0.15) is 39.5 Å². The van der Waals surface area contributed by atoms with E-state index in [1.807, 2.05) is 13.8 Å². The Morgan fingerprint density at radius 1 is 0.950 bits per heavy atom. The van der Waals surface area contributed by atoms with Crippen LogP contribution in [0, 0.1) is 0 Å². The topological polar surface area (TPSA) is 57.7 Å². The zero-order chi connectivity index (χ0) is 15.5. The van der Waals surface area contributed by atoms with Crippen molar-refractivity contribution < 1.29 is 14.4 Å². The molecule has 0 heterocycles. The summed E-state index contributed by atoms with van der Waals surface area (Å²) >= 11 is 1.15. The van der Waals surface area contributed by atoms with Crippen LogP contribution in [0.3, 0.4) is 0 Å². The molecule has 0 fully saturated rings. The third kappa shape index (κ3) is 7.53. The molecule has 0 atom stereocenters. The Kier molecular flexibility index (Phi) is 10.2. The van der Waals surface area contributed by atoms with Gasteiger partial charge in [-0.3, -0.25) is 14.4 Å². The van der Waals surface area contributed by atoms with E-state index in [4.69, 9.17) is 0 Å². The molecule has 6 heteroatoms. The summed E-state index contributed by atoms with van der Waals surface area (Å²) in [5, 5.41) is 0.0353. The number of thioether (sulfide) groups is 1. The lowest BCUT2D eigenvalue weighted by molar-refractivity contribution is -0.134. The molecule has 0 unspecified atom stereocenters. The number of carbonyl (C=O) groups is 3. The molecule has 0 aliphatic rings. The Hall–Kier alpha value is -1.04. The number of amides is 2. The van der Waals surface area contributed by atoms with Crippen molar-refractivity contribution in [2.75, 3.05) is 32.9 Å². The summed E-state index contributed by atoms with van der Waals surface area (Å²) in [5.74, 6) is 0.0676. The zero-order valence-electron chi connectivity index (χ0n) is 13.0. The molecule has 0 aliphatic carbocycles. The van der Waals surface area contributed by atoms with Crippen molar-refractivity contribution in [3.8, 4) is 0 Å². The molecule has 0 aromatic heterocycles. The summed E-state index contributed by atoms with van der Waals surface area (Å²) in [6.07, 6.45) is 3.60. The highest BCUT2D eigenvalue weighted by Gasteiger charge is 2.15. The van der Waals surface area contributed by atoms with Crippen LogP contribution in [0.25, 0.3) is 0 Å². The van der Waals surface area contributed by atoms with E-state index < -0.39 is 0 Å². The fourth-order valence-electron chi connectivity index (χ4n) is 1.77. The van der Waals surface area contributed by atoms with Crippen molar-refractivity contribution in [2.45, 2.75) is 39.5 Å². The maximum absolute atomic E-state index is 12.1. The van der Waals surface area contributed by atoms with E-state index in [9.17, 15) is 14.4 Å². The van der Waals surface area contributed by atoms with Gasteiger partial charge in [0.2, 0.25) is 11.8 Å². The molecule has 0 N–H and O–H groups in total. The quantitative estimate of drug-likeness (QED) is 0.651. The second-order valence-corrected chi connectivity index (χ2v) is 5.49. The molecule has 116 valence electrons. The van der Waals surface area contributed by atoms with Gasteiger partial charge in [0, 0.05) is 45.9 Å². The van der Waals surface area contributed by atoms with Gasteiger partial charge < -0.3 is 9.80 Å². The molecule has 0 aromatic rings. The van der Waals surface area contributed by atoms with Crippen LogP contribution in [0.15, 0.2) is 0 Å². The van der Waals surface area contributed by atoms with Crippen LogP contribution in [0.2, 0.25) is 0 Å². The molecular formula is C14H26N2O3S. The number of nitrogens with zero attached hydrogens (tertiary/aromatic N) is 2. The first-order chi connectivity index (χ1) is 9.46. The third-order valence-electron chi connectivity index (χ3n) is 3.05. The van der Waals surface area contributed by atoms with Crippen molar-refractivity contribution in [3.63, 3.8) is 0 Å². The molecular weight excluding hydrogens is 276 g/mol. The van der Waals surface area contributed by atoms with Gasteiger partial charge in [-0.25, -0.2) is 0 Å². The van der Waals surface area contributed by atoms with Gasteiger partial charge in [0.15, 0.2) is 5.12 Å². The minimum absolute atomic E-state index is 0.00778. The van der Waals surface area contributed by atoms with E-state index >= 15 is 0 Å². The van der Waals surface area contributed by atoms with Gasteiger partial charge in [-0.05, 0) is 12.7 Å². The van der Waals surface area contributed by atoms with Crippen LogP contribution >= 0.6 is 11.8 Å². The summed E-state index contributed by atoms with van der Waals surface area (Å²) in [6, 6.07) is 0. The van der Waals surface area contributed by atoms with E-state index in [-0.39, 0.29) is 29.8 Å². The van der Waals surface area contributed by atoms with E-state index in [0.29, 0.717) is 26.1 Å². The lowest BCUT2D eigenvalue weighted by Gasteiger charge is -2.25. The first-order valence-corrected chi connectivity index (χ1v) is 8.27. The van der Waals surface area contributed by atoms with Gasteiger partial charge in [-0.1, -0.05) is 25.6 Å². The van der Waals surface area contributed by atoms with Crippen LogP contribution < -0.4 is 0 Å². The standard InChI is InChI=1S/C14H26N2O3S/c1-5-9-16(11-10-15(3)12(17)6-2)13(18)7-8-14(19)20-4/h5-11H2,1-4H3. The largest absolute Gasteiger partial charge is 0.344 e. The Morgan fingerprint density at radius 2 is 1.60 bits per heavy atom. The van der Waals surface area contributed by atoms with Crippen LogP contribution in [0.4, 0.5) is 0 Å². The highest BCUT2D eigenvalue weighted by molar-refractivity contribution is 8.13. The van der Waals surface area contributed by atoms with Gasteiger partial charge >= 0.3 is 0 Å². The monoisotopic (exact) mass is 302 g/mol. The lowest BCUT2D eigenvalue weighted by Crippen LogP contribution is -2.39. The normalized spacial score (nSPS) is 10.2. The molecule has 0 saturated heterocycles. The maximum Gasteiger partial charge on any atom is 0.223 e. The maximum atomic E-state index is 12.1. The van der Waals surface area contributed by atoms with Crippen molar-refractivity contribution >= 4 is 28.7 Å². The molecule has 0 aliphatic heterocycles. The van der Waals surface area contributed by atoms with Crippen LogP contribution in [-0.4, -0.2) is 59.7 Å². The first-order valence-electron chi connectivity index (χ1n) is 7.04. The summed E-state index contributed by atoms with van der Waals surface area (Å²) in [7, 11) is 1.75. The van der Waals surface area contributed by atoms with Gasteiger partial charge in [0.1, 0.15) is 0 Å². The van der Waals surface area contributed by atoms with Crippen molar-refractivity contribution in [1.82, 2.24) is 9.80 Å². The summed E-state index contributed by atoms with van der Waals surface area (Å²) in [6.45, 7) is 5.56. The Labute approximate surface area is 126 Å². The van der Waals surface area contributed by atoms with Gasteiger partial charge in [0.25, 0.3) is 0 Å². The molecule has 0 radical (unpaired) electrons. The average Bonchev–Trinajstić information content (AvgIpc) is 2.47. The molecule has 0 saturated carbocycles. The summed E-state index contributed by atoms with van der Waals surface area (Å²) < 4.78 is 0. The first kappa shape index (κ1) is 19.0. The molecule has 5 nitrogen and oxygen atoms in total. The Morgan fingerprint density at radius 3 is 2.10 bits per heavy atom. The number of rotatable bonds is 9. The van der Waals surface area contributed by atoms with Gasteiger partial charge in [-0.2, -0.15) is 0 Å². The summed E-state index contributed by atoms with van der Waals surface area (Å²) in [5.41, 5.74) is 0. The molecule has 2 amide bonds. The zero-order valence-corrected chi connectivity index (χ0v) is 13.8. The highest BCUT2D eigenvalue weighted by Crippen LogP contribution is 2.06. The van der Waals surface area contributed by atoms with E-state index in [1.165, 1.54) is 0 Å². The van der Waals surface area contributed by atoms with Crippen molar-refractivity contribution in [3.05, 3.63) is 0 Å². The predicted molar refractivity (Wildman–Crippen MR) is 82.6 cm³/mol. The third-order valence-corrected chi connectivity index (χ3v) is 3.71. The molecule has 0 rings (SSSR count). The fourth-order valence-corrected chi connectivity index (χ4v) is 2.07. The van der Waals surface area contributed by atoms with E-state index in [0.717, 1.165) is 18.2 Å². The fraction of sp³-hybridized carbons (Fsp3) is 0.786. The minimum atomic E-state index is -0.00778. The highest BCUT2D eigenvalue weighted by atomic mass is 32.2. The average molecular weight is 302 g/mol. The lowest BCUT2D eigenvalue weighted by atomic mass is 10.2. The van der Waals surface area contributed by atoms with E-state index in [1.54, 1.807) is 23.1 Å². The number of carbonyl (C=O) groups excluding carboxylic acids is 3. The van der Waals surface area contributed by atoms with Crippen LogP contribution in [-0.2, 0) is 14.4 Å². The molecule has 0 aromatic carbocycles. The predicted octanol–water partition coefficient (Wildman–Crippen LogP) is 1.76. The van der Waals surface area contributed by atoms with Crippen molar-refractivity contribution in [2.24, 2.45) is 0 Å². The smallest absolute Gasteiger partial charge is 0.223 e. The van der Waals surface area contributed by atoms with Crippen molar-refractivity contribution in [1.29, 1.82) is 0 Å². The second-order valence-electron chi connectivity index (χ2n) is 4.63.